The van der Waals surface area contributed by atoms with Crippen LogP contribution < -0.4 is 0 Å². The van der Waals surface area contributed by atoms with Crippen LogP contribution in [0.15, 0.2) is 48.6 Å². The van der Waals surface area contributed by atoms with Crippen molar-refractivity contribution < 1.29 is 43.0 Å². The Morgan fingerprint density at radius 3 is 1.79 bits per heavy atom. The van der Waals surface area contributed by atoms with E-state index in [4.69, 9.17) is 23.6 Å². The molecule has 0 fully saturated rings. The highest BCUT2D eigenvalue weighted by atomic mass is 31.2. The smallest absolute Gasteiger partial charge is 0.457 e. The van der Waals surface area contributed by atoms with Gasteiger partial charge in [0.2, 0.25) is 0 Å². The first-order valence-electron chi connectivity index (χ1n) is 18.6. The summed E-state index contributed by atoms with van der Waals surface area (Å²) in [6.45, 7) is 3.34. The number of hydrogen-bond acceptors (Lipinski definition) is 8. The van der Waals surface area contributed by atoms with E-state index in [-0.39, 0.29) is 19.6 Å². The molecule has 3 N–H and O–H groups in total. The molecule has 0 amide bonds. The van der Waals surface area contributed by atoms with Gasteiger partial charge < -0.3 is 24.6 Å². The third-order valence-corrected chi connectivity index (χ3v) is 8.48. The van der Waals surface area contributed by atoms with Crippen molar-refractivity contribution in [1.29, 1.82) is 0 Å². The maximum absolute atomic E-state index is 12.5. The number of aliphatic hydroxyl groups is 2. The van der Waals surface area contributed by atoms with Crippen LogP contribution in [0.4, 0.5) is 0 Å². The molecule has 0 heterocycles. The van der Waals surface area contributed by atoms with E-state index in [0.29, 0.717) is 13.0 Å². The summed E-state index contributed by atoms with van der Waals surface area (Å²) >= 11 is 0. The van der Waals surface area contributed by atoms with Gasteiger partial charge in [-0.1, -0.05) is 133 Å². The van der Waals surface area contributed by atoms with Gasteiger partial charge >= 0.3 is 13.8 Å². The molecule has 3 atom stereocenters. The Kier molecular flexibility index (Phi) is 34.1. The van der Waals surface area contributed by atoms with Gasteiger partial charge in [0.1, 0.15) is 12.2 Å². The lowest BCUT2D eigenvalue weighted by Gasteiger charge is -2.20. The van der Waals surface area contributed by atoms with E-state index in [2.05, 4.69) is 62.5 Å². The molecule has 9 nitrogen and oxygen atoms in total. The zero-order chi connectivity index (χ0) is 35.4. The molecule has 3 unspecified atom stereocenters. The SMILES string of the molecule is CC/C=C\C/C=C\C/C=C\C/C=C\CCCCCCCCC(=O)OC(COCCCCCCCCCC)COP(=O)(O)OCC(O)CO. The first-order chi connectivity index (χ1) is 23.3. The maximum atomic E-state index is 12.5. The van der Waals surface area contributed by atoms with Crippen LogP contribution in [-0.2, 0) is 27.9 Å². The number of allylic oxidation sites excluding steroid dienone is 8. The molecule has 10 heteroatoms. The van der Waals surface area contributed by atoms with E-state index >= 15 is 0 Å². The Hall–Kier alpha value is -1.58. The van der Waals surface area contributed by atoms with Gasteiger partial charge in [-0.15, -0.1) is 0 Å². The van der Waals surface area contributed by atoms with E-state index in [9.17, 15) is 19.4 Å². The molecular weight excluding hydrogens is 631 g/mol. The molecule has 0 aromatic rings. The number of hydrogen-bond donors (Lipinski definition) is 3. The fraction of sp³-hybridized carbons (Fsp3) is 0.763. The lowest BCUT2D eigenvalue weighted by molar-refractivity contribution is -0.154. The monoisotopic (exact) mass is 700 g/mol. The van der Waals surface area contributed by atoms with Crippen LogP contribution in [0.5, 0.6) is 0 Å². The summed E-state index contributed by atoms with van der Waals surface area (Å²) in [5.74, 6) is -0.400. The highest BCUT2D eigenvalue weighted by Crippen LogP contribution is 2.43. The second-order valence-corrected chi connectivity index (χ2v) is 13.7. The summed E-state index contributed by atoms with van der Waals surface area (Å²) in [4.78, 5) is 22.4. The van der Waals surface area contributed by atoms with Crippen LogP contribution >= 0.6 is 7.82 Å². The molecule has 0 radical (unpaired) electrons. The minimum atomic E-state index is -4.51. The van der Waals surface area contributed by atoms with Crippen LogP contribution in [0.2, 0.25) is 0 Å². The van der Waals surface area contributed by atoms with Crippen LogP contribution in [0.3, 0.4) is 0 Å². The highest BCUT2D eigenvalue weighted by molar-refractivity contribution is 7.47. The molecule has 48 heavy (non-hydrogen) atoms. The Morgan fingerprint density at radius 1 is 0.667 bits per heavy atom. The quantitative estimate of drug-likeness (QED) is 0.0256. The number of rotatable bonds is 35. The molecule has 0 aliphatic heterocycles. The van der Waals surface area contributed by atoms with Crippen LogP contribution in [0.1, 0.15) is 142 Å². The zero-order valence-corrected chi connectivity index (χ0v) is 31.1. The molecule has 0 saturated heterocycles. The number of carbonyl (C=O) groups excluding carboxylic acids is 1. The van der Waals surface area contributed by atoms with Crippen molar-refractivity contribution in [2.45, 2.75) is 154 Å². The minimum Gasteiger partial charge on any atom is -0.457 e. The van der Waals surface area contributed by atoms with Crippen molar-refractivity contribution in [3.05, 3.63) is 48.6 Å². The van der Waals surface area contributed by atoms with E-state index in [0.717, 1.165) is 83.5 Å². The normalized spacial score (nSPS) is 14.9. The second-order valence-electron chi connectivity index (χ2n) is 12.2. The number of carbonyl (C=O) groups is 1. The fourth-order valence-electron chi connectivity index (χ4n) is 4.70. The van der Waals surface area contributed by atoms with Crippen LogP contribution in [0, 0.1) is 0 Å². The lowest BCUT2D eigenvalue weighted by Crippen LogP contribution is -2.29. The van der Waals surface area contributed by atoms with Crippen molar-refractivity contribution in [1.82, 2.24) is 0 Å². The van der Waals surface area contributed by atoms with Gasteiger partial charge in [0.25, 0.3) is 0 Å². The average molecular weight is 701 g/mol. The van der Waals surface area contributed by atoms with Gasteiger partial charge in [0, 0.05) is 13.0 Å². The van der Waals surface area contributed by atoms with Crippen LogP contribution in [-0.4, -0.2) is 66.3 Å². The number of unbranched alkanes of at least 4 members (excludes halogenated alkanes) is 13. The fourth-order valence-corrected chi connectivity index (χ4v) is 5.49. The van der Waals surface area contributed by atoms with E-state index < -0.39 is 39.2 Å². The third-order valence-electron chi connectivity index (χ3n) is 7.53. The first-order valence-corrected chi connectivity index (χ1v) is 20.1. The van der Waals surface area contributed by atoms with E-state index in [1.54, 1.807) is 0 Å². The molecule has 0 rings (SSSR count). The van der Waals surface area contributed by atoms with Crippen molar-refractivity contribution in [3.63, 3.8) is 0 Å². The molecule has 0 bridgehead atoms. The summed E-state index contributed by atoms with van der Waals surface area (Å²) in [5, 5.41) is 18.2. The van der Waals surface area contributed by atoms with Crippen molar-refractivity contribution in [2.75, 3.05) is 33.0 Å². The van der Waals surface area contributed by atoms with Gasteiger partial charge in [-0.25, -0.2) is 4.57 Å². The molecule has 0 aliphatic carbocycles. The second kappa shape index (κ2) is 35.3. The summed E-state index contributed by atoms with van der Waals surface area (Å²) < 4.78 is 33.1. The van der Waals surface area contributed by atoms with Gasteiger partial charge in [0.15, 0.2) is 0 Å². The number of phosphoric acid groups is 1. The Morgan fingerprint density at radius 2 is 1.19 bits per heavy atom. The molecule has 0 saturated carbocycles. The average Bonchev–Trinajstić information content (AvgIpc) is 3.07. The van der Waals surface area contributed by atoms with Gasteiger partial charge in [-0.05, 0) is 51.4 Å². The van der Waals surface area contributed by atoms with Gasteiger partial charge in [-0.3, -0.25) is 13.8 Å². The van der Waals surface area contributed by atoms with Crippen molar-refractivity contribution in [3.8, 4) is 0 Å². The molecular formula is C38H69O9P. The number of ether oxygens (including phenoxy) is 2. The van der Waals surface area contributed by atoms with Crippen LogP contribution in [0.25, 0.3) is 0 Å². The van der Waals surface area contributed by atoms with Crippen molar-refractivity contribution in [2.24, 2.45) is 0 Å². The minimum absolute atomic E-state index is 0.0424. The van der Waals surface area contributed by atoms with Gasteiger partial charge in [-0.2, -0.15) is 0 Å². The number of aliphatic hydroxyl groups excluding tert-OH is 2. The summed E-state index contributed by atoms with van der Waals surface area (Å²) in [6.07, 6.45) is 36.5. The van der Waals surface area contributed by atoms with E-state index in [1.807, 2.05) is 0 Å². The molecule has 280 valence electrons. The third kappa shape index (κ3) is 34.3. The largest absolute Gasteiger partial charge is 0.472 e. The standard InChI is InChI=1S/C38H69O9P/c1-3-5-7-9-11-13-14-15-16-17-18-19-20-21-22-23-24-26-28-30-38(41)47-37(35-46-48(42,43)45-33-36(40)32-39)34-44-31-29-27-25-12-10-8-6-4-2/h5,7,11,13,15-16,18-19,36-37,39-40H,3-4,6,8-10,12,14,17,20-35H2,1-2H3,(H,42,43)/b7-5-,13-11-,16-15-,19-18-. The molecule has 0 aromatic heterocycles. The highest BCUT2D eigenvalue weighted by Gasteiger charge is 2.26. The Bertz CT molecular complexity index is 887. The first kappa shape index (κ1) is 46.4. The Labute approximate surface area is 292 Å². The maximum Gasteiger partial charge on any atom is 0.472 e. The Balaban J connectivity index is 4.20. The predicted molar refractivity (Wildman–Crippen MR) is 196 cm³/mol. The predicted octanol–water partition coefficient (Wildman–Crippen LogP) is 9.47. The summed E-state index contributed by atoms with van der Waals surface area (Å²) in [7, 11) is -4.51. The molecule has 0 spiro atoms. The van der Waals surface area contributed by atoms with E-state index in [1.165, 1.54) is 32.1 Å². The zero-order valence-electron chi connectivity index (χ0n) is 30.2. The molecule has 0 aromatic carbocycles. The van der Waals surface area contributed by atoms with Crippen molar-refractivity contribution >= 4 is 13.8 Å². The number of esters is 1. The number of phosphoric ester groups is 1. The topological polar surface area (TPSA) is 132 Å². The van der Waals surface area contributed by atoms with Gasteiger partial charge in [0.05, 0.1) is 26.4 Å². The summed E-state index contributed by atoms with van der Waals surface area (Å²) in [5.41, 5.74) is 0. The summed E-state index contributed by atoms with van der Waals surface area (Å²) in [6, 6.07) is 0. The molecule has 0 aliphatic rings. The lowest BCUT2D eigenvalue weighted by atomic mass is 10.1.